The Morgan fingerprint density at radius 3 is 2.51 bits per heavy atom. The van der Waals surface area contributed by atoms with Gasteiger partial charge in [-0.25, -0.2) is 17.2 Å². The summed E-state index contributed by atoms with van der Waals surface area (Å²) >= 11 is 6.16. The van der Waals surface area contributed by atoms with Crippen LogP contribution < -0.4 is 9.04 Å². The topological polar surface area (TPSA) is 72.9 Å². The van der Waals surface area contributed by atoms with Crippen molar-refractivity contribution in [3.8, 4) is 5.75 Å². The maximum atomic E-state index is 14.5. The molecule has 1 atom stereocenters. The average Bonchev–Trinajstić information content (AvgIpc) is 2.90. The van der Waals surface area contributed by atoms with Crippen molar-refractivity contribution in [1.29, 1.82) is 0 Å². The Kier molecular flexibility index (Phi) is 8.65. The van der Waals surface area contributed by atoms with Gasteiger partial charge in [-0.05, 0) is 66.9 Å². The first-order valence-electron chi connectivity index (χ1n) is 12.1. The summed E-state index contributed by atoms with van der Waals surface area (Å²) < 4.78 is 107. The summed E-state index contributed by atoms with van der Waals surface area (Å²) in [6, 6.07) is 10.1. The summed E-state index contributed by atoms with van der Waals surface area (Å²) in [4.78, 5) is 10.9. The molecule has 0 saturated heterocycles. The molecule has 0 unspecified atom stereocenters. The third-order valence-corrected chi connectivity index (χ3v) is 8.48. The number of fused-ring (bicyclic) bond motifs is 1. The van der Waals surface area contributed by atoms with Gasteiger partial charge in [0.2, 0.25) is 0 Å². The van der Waals surface area contributed by atoms with Crippen LogP contribution in [0.3, 0.4) is 0 Å². The van der Waals surface area contributed by atoms with E-state index >= 15 is 0 Å². The van der Waals surface area contributed by atoms with Gasteiger partial charge in [0.05, 0.1) is 34.8 Å². The highest BCUT2D eigenvalue weighted by Crippen LogP contribution is 2.41. The second-order valence-electron chi connectivity index (χ2n) is 9.18. The first-order chi connectivity index (χ1) is 19.2. The predicted octanol–water partition coefficient (Wildman–Crippen LogP) is 7.11. The highest BCUT2D eigenvalue weighted by Gasteiger charge is 2.39. The van der Waals surface area contributed by atoms with Crippen LogP contribution in [-0.4, -0.2) is 34.1 Å². The number of esters is 1. The van der Waals surface area contributed by atoms with E-state index in [4.69, 9.17) is 16.3 Å². The van der Waals surface area contributed by atoms with E-state index in [0.717, 1.165) is 10.4 Å². The summed E-state index contributed by atoms with van der Waals surface area (Å²) in [7, 11) is -3.51. The van der Waals surface area contributed by atoms with Crippen molar-refractivity contribution in [2.24, 2.45) is 0 Å². The smallest absolute Gasteiger partial charge is 0.419 e. The zero-order valence-electron chi connectivity index (χ0n) is 21.6. The van der Waals surface area contributed by atoms with Gasteiger partial charge in [-0.15, -0.1) is 0 Å². The summed E-state index contributed by atoms with van der Waals surface area (Å²) in [5, 5.41) is 0.162. The average molecular weight is 616 g/mol. The molecule has 1 heterocycles. The van der Waals surface area contributed by atoms with Crippen molar-refractivity contribution >= 4 is 44.9 Å². The molecule has 1 aliphatic heterocycles. The minimum absolute atomic E-state index is 0.0154. The van der Waals surface area contributed by atoms with Crippen molar-refractivity contribution in [2.45, 2.75) is 36.9 Å². The number of halogens is 6. The number of allylic oxidation sites excluding steroid dienone is 1. The van der Waals surface area contributed by atoms with Crippen LogP contribution in [0.25, 0.3) is 11.6 Å². The molecule has 13 heteroatoms. The standard InChI is InChI=1S/C28H23ClF5NO5S/c1-16(27-21(29)4-3-5-23(27)31)12-17-6-10-25-24(13-17)35(15-18(40-25)7-11-26(36)39-2)41(37,38)19-8-9-22(30)20(14-19)28(32,33)34/h3-6,8-10,12-14,18H,7,11,15H2,1-2H3/b16-12+/t18-/m0/s1. The Bertz CT molecular complexity index is 1600. The molecule has 0 N–H and O–H groups in total. The van der Waals surface area contributed by atoms with Gasteiger partial charge in [-0.3, -0.25) is 9.10 Å². The number of ether oxygens (including phenoxy) is 2. The van der Waals surface area contributed by atoms with E-state index in [1.165, 1.54) is 37.4 Å². The summed E-state index contributed by atoms with van der Waals surface area (Å²) in [6.45, 7) is 1.24. The minimum Gasteiger partial charge on any atom is -0.486 e. The molecular weight excluding hydrogens is 593 g/mol. The van der Waals surface area contributed by atoms with Crippen LogP contribution in [0.2, 0.25) is 5.02 Å². The zero-order valence-corrected chi connectivity index (χ0v) is 23.2. The Morgan fingerprint density at radius 1 is 1.12 bits per heavy atom. The molecule has 0 saturated carbocycles. The molecule has 4 rings (SSSR count). The number of carbonyl (C=O) groups excluding carboxylic acids is 1. The first kappa shape index (κ1) is 30.3. The third-order valence-electron chi connectivity index (χ3n) is 6.38. The number of carbonyl (C=O) groups is 1. The van der Waals surface area contributed by atoms with Gasteiger partial charge >= 0.3 is 12.1 Å². The highest BCUT2D eigenvalue weighted by atomic mass is 35.5. The number of hydrogen-bond donors (Lipinski definition) is 0. The second kappa shape index (κ2) is 11.7. The monoisotopic (exact) mass is 615 g/mol. The number of nitrogens with zero attached hydrogens (tertiary/aromatic N) is 1. The van der Waals surface area contributed by atoms with E-state index in [0.29, 0.717) is 17.2 Å². The van der Waals surface area contributed by atoms with E-state index in [1.807, 2.05) is 0 Å². The molecule has 218 valence electrons. The van der Waals surface area contributed by atoms with Crippen LogP contribution in [0.5, 0.6) is 5.75 Å². The van der Waals surface area contributed by atoms with Crippen LogP contribution >= 0.6 is 11.6 Å². The molecule has 0 amide bonds. The molecule has 0 aromatic heterocycles. The fourth-order valence-corrected chi connectivity index (χ4v) is 6.22. The maximum absolute atomic E-state index is 14.5. The summed E-state index contributed by atoms with van der Waals surface area (Å²) in [6.07, 6.45) is -4.51. The first-order valence-corrected chi connectivity index (χ1v) is 13.9. The van der Waals surface area contributed by atoms with E-state index in [1.54, 1.807) is 19.1 Å². The van der Waals surface area contributed by atoms with Crippen LogP contribution in [0.1, 0.15) is 36.5 Å². The largest absolute Gasteiger partial charge is 0.486 e. The Labute approximate surface area is 238 Å². The number of hydrogen-bond acceptors (Lipinski definition) is 5. The van der Waals surface area contributed by atoms with Crippen molar-refractivity contribution in [3.63, 3.8) is 0 Å². The van der Waals surface area contributed by atoms with Gasteiger partial charge in [0.15, 0.2) is 0 Å². The van der Waals surface area contributed by atoms with Crippen molar-refractivity contribution in [2.75, 3.05) is 18.0 Å². The van der Waals surface area contributed by atoms with Crippen LogP contribution in [0.15, 0.2) is 59.5 Å². The molecular formula is C28H23ClF5NO5S. The molecule has 0 radical (unpaired) electrons. The number of anilines is 1. The van der Waals surface area contributed by atoms with Crippen LogP contribution in [0.4, 0.5) is 27.6 Å². The fraction of sp³-hybridized carbons (Fsp3) is 0.250. The lowest BCUT2D eigenvalue weighted by molar-refractivity contribution is -0.141. The normalized spacial score (nSPS) is 15.8. The lowest BCUT2D eigenvalue weighted by Crippen LogP contribution is -2.43. The Hall–Kier alpha value is -3.64. The summed E-state index contributed by atoms with van der Waals surface area (Å²) in [5.41, 5.74) is -0.779. The van der Waals surface area contributed by atoms with Crippen LogP contribution in [-0.2, 0) is 25.7 Å². The SMILES string of the molecule is COC(=O)CC[C@H]1CN(S(=O)(=O)c2ccc(F)c(C(F)(F)F)c2)c2cc(/C=C(\C)c3c(F)cccc3Cl)ccc2O1. The van der Waals surface area contributed by atoms with Crippen molar-refractivity contribution in [3.05, 3.63) is 87.9 Å². The molecule has 0 spiro atoms. The highest BCUT2D eigenvalue weighted by molar-refractivity contribution is 7.92. The molecule has 6 nitrogen and oxygen atoms in total. The maximum Gasteiger partial charge on any atom is 0.419 e. The Balaban J connectivity index is 1.81. The number of sulfonamides is 1. The van der Waals surface area contributed by atoms with E-state index in [-0.39, 0.29) is 47.5 Å². The van der Waals surface area contributed by atoms with Crippen LogP contribution in [0, 0.1) is 11.6 Å². The van der Waals surface area contributed by atoms with Gasteiger partial charge in [-0.1, -0.05) is 29.8 Å². The second-order valence-corrected chi connectivity index (χ2v) is 11.5. The number of methoxy groups -OCH3 is 1. The number of alkyl halides is 3. The summed E-state index contributed by atoms with van der Waals surface area (Å²) in [5.74, 6) is -2.68. The molecule has 3 aromatic rings. The van der Waals surface area contributed by atoms with Crippen molar-refractivity contribution < 1.29 is 44.6 Å². The van der Waals surface area contributed by atoms with E-state index in [2.05, 4.69) is 4.74 Å². The Morgan fingerprint density at radius 2 is 1.85 bits per heavy atom. The van der Waals surface area contributed by atoms with Gasteiger partial charge < -0.3 is 9.47 Å². The van der Waals surface area contributed by atoms with Gasteiger partial charge in [0, 0.05) is 12.0 Å². The van der Waals surface area contributed by atoms with Gasteiger partial charge in [-0.2, -0.15) is 13.2 Å². The third kappa shape index (κ3) is 6.48. The number of benzene rings is 3. The van der Waals surface area contributed by atoms with E-state index < -0.39 is 50.4 Å². The number of rotatable bonds is 7. The molecule has 41 heavy (non-hydrogen) atoms. The molecule has 0 fully saturated rings. The van der Waals surface area contributed by atoms with Crippen molar-refractivity contribution in [1.82, 2.24) is 0 Å². The predicted molar refractivity (Wildman–Crippen MR) is 143 cm³/mol. The molecule has 1 aliphatic rings. The zero-order chi connectivity index (χ0) is 30.1. The lowest BCUT2D eigenvalue weighted by atomic mass is 10.0. The molecule has 3 aromatic carbocycles. The van der Waals surface area contributed by atoms with E-state index in [9.17, 15) is 35.2 Å². The fourth-order valence-electron chi connectivity index (χ4n) is 4.38. The quantitative estimate of drug-likeness (QED) is 0.161. The molecule has 0 bridgehead atoms. The lowest BCUT2D eigenvalue weighted by Gasteiger charge is -2.35. The van der Waals surface area contributed by atoms with Gasteiger partial charge in [0.1, 0.15) is 23.5 Å². The van der Waals surface area contributed by atoms with Gasteiger partial charge in [0.25, 0.3) is 10.0 Å². The molecule has 0 aliphatic carbocycles. The minimum atomic E-state index is -5.13.